The molecule has 4 nitrogen and oxygen atoms in total. The van der Waals surface area contributed by atoms with Crippen LogP contribution in [0.2, 0.25) is 6.55 Å². The highest BCUT2D eigenvalue weighted by atomic mass is 28.4. The highest BCUT2D eigenvalue weighted by molar-refractivity contribution is 6.62. The highest BCUT2D eigenvalue weighted by Crippen LogP contribution is 1.82. The van der Waals surface area contributed by atoms with Crippen LogP contribution in [0.25, 0.3) is 0 Å². The second kappa shape index (κ2) is 6.01. The fraction of sp³-hybridized carbons (Fsp3) is 1.00. The molecule has 0 aromatic carbocycles. The Morgan fingerprint density at radius 3 is 1.80 bits per heavy atom. The SMILES string of the molecule is CO[SiH](C)N[SiH](OC)OC. The van der Waals surface area contributed by atoms with Crippen molar-refractivity contribution in [2.24, 2.45) is 0 Å². The monoisotopic (exact) mass is 181 g/mol. The van der Waals surface area contributed by atoms with Crippen molar-refractivity contribution in [1.82, 2.24) is 4.65 Å². The van der Waals surface area contributed by atoms with E-state index in [1.165, 1.54) is 0 Å². The Labute approximate surface area is 65.2 Å². The van der Waals surface area contributed by atoms with Crippen LogP contribution in [0.4, 0.5) is 0 Å². The zero-order valence-corrected chi connectivity index (χ0v) is 9.19. The molecule has 0 rings (SSSR count). The van der Waals surface area contributed by atoms with Gasteiger partial charge in [-0.2, -0.15) is 0 Å². The number of rotatable bonds is 5. The predicted molar refractivity (Wildman–Crippen MR) is 44.3 cm³/mol. The lowest BCUT2D eigenvalue weighted by Gasteiger charge is -2.15. The van der Waals surface area contributed by atoms with Gasteiger partial charge in [-0.15, -0.1) is 0 Å². The summed E-state index contributed by atoms with van der Waals surface area (Å²) in [5, 5.41) is 0. The van der Waals surface area contributed by atoms with Crippen LogP contribution < -0.4 is 4.65 Å². The van der Waals surface area contributed by atoms with Crippen LogP contribution in [-0.4, -0.2) is 40.0 Å². The molecule has 0 bridgehead atoms. The van der Waals surface area contributed by atoms with Crippen molar-refractivity contribution in [1.29, 1.82) is 0 Å². The first-order valence-electron chi connectivity index (χ1n) is 3.09. The zero-order chi connectivity index (χ0) is 7.98. The fourth-order valence-electron chi connectivity index (χ4n) is 0.492. The minimum atomic E-state index is -1.58. The molecule has 62 valence electrons. The Morgan fingerprint density at radius 1 is 1.00 bits per heavy atom. The van der Waals surface area contributed by atoms with Gasteiger partial charge in [-0.05, 0) is 6.55 Å². The first-order chi connectivity index (χ1) is 4.74. The van der Waals surface area contributed by atoms with Crippen LogP contribution in [0.15, 0.2) is 0 Å². The summed E-state index contributed by atoms with van der Waals surface area (Å²) in [4.78, 5) is 0. The van der Waals surface area contributed by atoms with Gasteiger partial charge in [0.15, 0.2) is 0 Å². The van der Waals surface area contributed by atoms with Crippen molar-refractivity contribution in [3.8, 4) is 0 Å². The lowest BCUT2D eigenvalue weighted by molar-refractivity contribution is 0.269. The molecule has 1 N–H and O–H groups in total. The molecule has 0 amide bonds. The summed E-state index contributed by atoms with van der Waals surface area (Å²) in [6.45, 7) is 2.04. The Bertz CT molecular complexity index is 80.9. The smallest absolute Gasteiger partial charge is 0.402 e. The molecule has 1 unspecified atom stereocenters. The van der Waals surface area contributed by atoms with E-state index >= 15 is 0 Å². The fourth-order valence-corrected chi connectivity index (χ4v) is 3.85. The van der Waals surface area contributed by atoms with Gasteiger partial charge in [0.25, 0.3) is 0 Å². The Kier molecular flexibility index (Phi) is 6.18. The maximum atomic E-state index is 5.09. The van der Waals surface area contributed by atoms with Crippen molar-refractivity contribution in [2.75, 3.05) is 21.3 Å². The lowest BCUT2D eigenvalue weighted by atomic mass is 11.8. The Balaban J connectivity index is 3.41. The normalized spacial score (nSPS) is 14.1. The molecule has 0 aromatic rings. The van der Waals surface area contributed by atoms with E-state index in [1.807, 2.05) is 6.55 Å². The molecule has 0 saturated heterocycles. The summed E-state index contributed by atoms with van der Waals surface area (Å²) in [6, 6.07) is 0. The first kappa shape index (κ1) is 10.3. The number of nitrogens with one attached hydrogen (secondary N) is 1. The summed E-state index contributed by atoms with van der Waals surface area (Å²) in [7, 11) is 2.19. The van der Waals surface area contributed by atoms with Gasteiger partial charge in [0.1, 0.15) is 0 Å². The third-order valence-electron chi connectivity index (χ3n) is 1.15. The predicted octanol–water partition coefficient (Wildman–Crippen LogP) is -0.917. The standard InChI is InChI=1S/C4H15NO3Si2/c1-6-9(4)5-10(7-2)8-3/h5,9-10H,1-4H3. The van der Waals surface area contributed by atoms with Gasteiger partial charge in [-0.1, -0.05) is 0 Å². The molecule has 0 aromatic heterocycles. The van der Waals surface area contributed by atoms with Crippen LogP contribution in [0.3, 0.4) is 0 Å². The number of hydrogen-bond donors (Lipinski definition) is 1. The summed E-state index contributed by atoms with van der Waals surface area (Å²) >= 11 is 0. The molecule has 0 aliphatic heterocycles. The summed E-state index contributed by atoms with van der Waals surface area (Å²) in [5.41, 5.74) is 0. The van der Waals surface area contributed by atoms with Gasteiger partial charge in [0, 0.05) is 21.3 Å². The van der Waals surface area contributed by atoms with E-state index in [2.05, 4.69) is 4.65 Å². The molecular formula is C4H15NO3Si2. The zero-order valence-electron chi connectivity index (χ0n) is 6.88. The lowest BCUT2D eigenvalue weighted by Crippen LogP contribution is -2.47. The third-order valence-corrected chi connectivity index (χ3v) is 5.68. The van der Waals surface area contributed by atoms with Gasteiger partial charge in [-0.25, -0.2) is 0 Å². The van der Waals surface area contributed by atoms with Crippen LogP contribution >= 0.6 is 0 Å². The quantitative estimate of drug-likeness (QED) is 0.557. The highest BCUT2D eigenvalue weighted by Gasteiger charge is 2.13. The molecule has 1 atom stereocenters. The van der Waals surface area contributed by atoms with Crippen molar-refractivity contribution in [2.45, 2.75) is 6.55 Å². The van der Waals surface area contributed by atoms with Crippen molar-refractivity contribution >= 4 is 18.6 Å². The van der Waals surface area contributed by atoms with Gasteiger partial charge >= 0.3 is 9.45 Å². The molecule has 0 saturated carbocycles. The molecule has 10 heavy (non-hydrogen) atoms. The second-order valence-corrected chi connectivity index (χ2v) is 6.54. The van der Waals surface area contributed by atoms with Crippen molar-refractivity contribution < 1.29 is 13.3 Å². The van der Waals surface area contributed by atoms with Gasteiger partial charge in [0.2, 0.25) is 9.20 Å². The Hall–Kier alpha value is 0.274. The van der Waals surface area contributed by atoms with E-state index in [0.717, 1.165) is 0 Å². The first-order valence-corrected chi connectivity index (χ1v) is 6.81. The maximum Gasteiger partial charge on any atom is 0.402 e. The topological polar surface area (TPSA) is 39.7 Å². The molecule has 0 aliphatic carbocycles. The average molecular weight is 181 g/mol. The van der Waals surface area contributed by atoms with Crippen LogP contribution in [-0.2, 0) is 13.3 Å². The largest absolute Gasteiger partial charge is 0.409 e. The van der Waals surface area contributed by atoms with E-state index in [1.54, 1.807) is 21.3 Å². The van der Waals surface area contributed by atoms with E-state index < -0.39 is 18.6 Å². The summed E-state index contributed by atoms with van der Waals surface area (Å²) in [6.07, 6.45) is 0. The van der Waals surface area contributed by atoms with E-state index in [-0.39, 0.29) is 0 Å². The molecule has 0 heterocycles. The minimum absolute atomic E-state index is 1.21. The molecule has 6 heteroatoms. The van der Waals surface area contributed by atoms with Gasteiger partial charge in [-0.3, -0.25) is 4.65 Å². The van der Waals surface area contributed by atoms with E-state index in [0.29, 0.717) is 0 Å². The van der Waals surface area contributed by atoms with Crippen molar-refractivity contribution in [3.63, 3.8) is 0 Å². The van der Waals surface area contributed by atoms with Crippen LogP contribution in [0.1, 0.15) is 0 Å². The third kappa shape index (κ3) is 4.15. The average Bonchev–Trinajstić information content (AvgIpc) is 1.99. The van der Waals surface area contributed by atoms with E-state index in [4.69, 9.17) is 13.3 Å². The molecule has 0 fully saturated rings. The minimum Gasteiger partial charge on any atom is -0.409 e. The second-order valence-electron chi connectivity index (χ2n) is 1.85. The Morgan fingerprint density at radius 2 is 1.50 bits per heavy atom. The molecular weight excluding hydrogens is 166 g/mol. The van der Waals surface area contributed by atoms with Crippen LogP contribution in [0, 0.1) is 0 Å². The molecule has 0 aliphatic rings. The summed E-state index contributed by atoms with van der Waals surface area (Å²) in [5.74, 6) is 0. The maximum absolute atomic E-state index is 5.09. The summed E-state index contributed by atoms with van der Waals surface area (Å²) < 4.78 is 18.3. The van der Waals surface area contributed by atoms with E-state index in [9.17, 15) is 0 Å². The van der Waals surface area contributed by atoms with Gasteiger partial charge in [0.05, 0.1) is 0 Å². The molecule has 0 radical (unpaired) electrons. The van der Waals surface area contributed by atoms with Crippen LogP contribution in [0.5, 0.6) is 0 Å². The van der Waals surface area contributed by atoms with Crippen molar-refractivity contribution in [3.05, 3.63) is 0 Å². The van der Waals surface area contributed by atoms with Gasteiger partial charge < -0.3 is 13.3 Å². The molecule has 0 spiro atoms. The number of hydrogen-bond acceptors (Lipinski definition) is 4.